The largest absolute Gasteiger partial charge is 0.363 e. The molecule has 1 saturated heterocycles. The van der Waals surface area contributed by atoms with E-state index in [2.05, 4.69) is 44.9 Å². The number of hydrogen-bond donors (Lipinski definition) is 1. The third-order valence-electron chi connectivity index (χ3n) is 5.18. The van der Waals surface area contributed by atoms with Crippen LogP contribution in [0.5, 0.6) is 0 Å². The van der Waals surface area contributed by atoms with Gasteiger partial charge in [0.2, 0.25) is 0 Å². The summed E-state index contributed by atoms with van der Waals surface area (Å²) in [6, 6.07) is 18.2. The highest BCUT2D eigenvalue weighted by Gasteiger charge is 2.44. The zero-order valence-electron chi connectivity index (χ0n) is 16.6. The van der Waals surface area contributed by atoms with E-state index in [0.717, 1.165) is 16.8 Å². The summed E-state index contributed by atoms with van der Waals surface area (Å²) >= 11 is 0. The highest BCUT2D eigenvalue weighted by atomic mass is 32.0. The number of nitrogens with zero attached hydrogens (tertiary/aromatic N) is 1. The van der Waals surface area contributed by atoms with Gasteiger partial charge >= 0.3 is 0 Å². The number of carbonyl (C=O) groups is 1. The van der Waals surface area contributed by atoms with Crippen molar-refractivity contribution in [3.05, 3.63) is 77.9 Å². The molecule has 0 aromatic heterocycles. The number of hydrogen-bond acceptors (Lipinski definition) is 4. The molecule has 3 rings (SSSR count). The Kier molecular flexibility index (Phi) is 7.01. The lowest BCUT2D eigenvalue weighted by molar-refractivity contribution is -0.114. The summed E-state index contributed by atoms with van der Waals surface area (Å²) in [6.45, 7) is 4.12. The van der Waals surface area contributed by atoms with Crippen LogP contribution in [0.3, 0.4) is 0 Å². The smallest absolute Gasteiger partial charge is 0.159 e. The molecule has 0 spiro atoms. The Labute approximate surface area is 171 Å². The zero-order valence-corrected chi connectivity index (χ0v) is 18.7. The Balaban J connectivity index is 1.70. The van der Waals surface area contributed by atoms with Crippen molar-refractivity contribution in [1.29, 1.82) is 0 Å². The molecule has 0 bridgehead atoms. The van der Waals surface area contributed by atoms with Crippen LogP contribution in [0.2, 0.25) is 0 Å². The molecule has 28 heavy (non-hydrogen) atoms. The monoisotopic (exact) mass is 414 g/mol. The predicted octanol–water partition coefficient (Wildman–Crippen LogP) is 4.96. The van der Waals surface area contributed by atoms with Crippen LogP contribution in [0.4, 0.5) is 5.69 Å². The van der Waals surface area contributed by atoms with Crippen molar-refractivity contribution >= 4 is 28.8 Å². The average molecular weight is 414 g/mol. The molecule has 1 aliphatic heterocycles. The van der Waals surface area contributed by atoms with E-state index in [1.165, 1.54) is 0 Å². The second-order valence-corrected chi connectivity index (χ2v) is 8.87. The minimum atomic E-state index is -0.389. The summed E-state index contributed by atoms with van der Waals surface area (Å²) in [4.78, 5) is 14.7. The number of ketones is 1. The molecule has 0 radical (unpaired) electrons. The number of likely N-dealkylation sites (N-methyl/N-ethyl adjacent to an activating group) is 1. The van der Waals surface area contributed by atoms with Crippen LogP contribution in [0.15, 0.2) is 66.7 Å². The second kappa shape index (κ2) is 9.29. The van der Waals surface area contributed by atoms with Crippen LogP contribution in [0.25, 0.3) is 0 Å². The summed E-state index contributed by atoms with van der Waals surface area (Å²) in [7, 11) is 5.28. The first-order chi connectivity index (χ1) is 13.4. The number of allylic oxidation sites excluding steroid dienone is 1. The molecule has 2 aromatic rings. The van der Waals surface area contributed by atoms with E-state index in [-0.39, 0.29) is 23.7 Å². The Bertz CT molecular complexity index is 822. The van der Waals surface area contributed by atoms with E-state index < -0.39 is 0 Å². The quantitative estimate of drug-likeness (QED) is 0.514. The van der Waals surface area contributed by atoms with Crippen LogP contribution < -0.4 is 5.09 Å². The number of anilines is 1. The minimum absolute atomic E-state index is 0.0102. The van der Waals surface area contributed by atoms with Gasteiger partial charge in [-0.25, -0.2) is 0 Å². The van der Waals surface area contributed by atoms with Gasteiger partial charge in [-0.1, -0.05) is 57.5 Å². The van der Waals surface area contributed by atoms with Crippen molar-refractivity contribution in [3.63, 3.8) is 0 Å². The second-order valence-electron chi connectivity index (χ2n) is 7.47. The zero-order chi connectivity index (χ0) is 20.1. The van der Waals surface area contributed by atoms with Gasteiger partial charge in [0.25, 0.3) is 0 Å². The molecule has 4 nitrogen and oxygen atoms in total. The van der Waals surface area contributed by atoms with Crippen LogP contribution >= 0.6 is 17.3 Å². The lowest BCUT2D eigenvalue weighted by Gasteiger charge is -2.28. The van der Waals surface area contributed by atoms with Gasteiger partial charge in [0.15, 0.2) is 5.78 Å². The first-order valence-corrected chi connectivity index (χ1v) is 12.2. The SMILES string of the molecule is CN1[C@H](/C=C/C(=O)Cc2ccc(NPP)cc2)[C@@H](c2ccccc2)OC1(C)C. The number of nitrogens with one attached hydrogen (secondary N) is 1. The molecule has 0 saturated carbocycles. The van der Waals surface area contributed by atoms with E-state index in [1.807, 2.05) is 55.6 Å². The number of rotatable bonds is 7. The van der Waals surface area contributed by atoms with Gasteiger partial charge in [0, 0.05) is 12.1 Å². The van der Waals surface area contributed by atoms with E-state index in [1.54, 1.807) is 6.08 Å². The van der Waals surface area contributed by atoms with Crippen LogP contribution in [0, 0.1) is 0 Å². The van der Waals surface area contributed by atoms with Gasteiger partial charge in [-0.2, -0.15) is 0 Å². The average Bonchev–Trinajstić information content (AvgIpc) is 2.92. The molecule has 148 valence electrons. The molecule has 1 heterocycles. The van der Waals surface area contributed by atoms with Crippen molar-refractivity contribution in [3.8, 4) is 0 Å². The maximum atomic E-state index is 12.5. The Hall–Kier alpha value is -1.57. The van der Waals surface area contributed by atoms with Gasteiger partial charge in [-0.05, 0) is 58.7 Å². The van der Waals surface area contributed by atoms with Gasteiger partial charge in [-0.3, -0.25) is 9.69 Å². The Morgan fingerprint density at radius 3 is 2.54 bits per heavy atom. The van der Waals surface area contributed by atoms with E-state index in [0.29, 0.717) is 14.8 Å². The molecule has 1 N–H and O–H groups in total. The summed E-state index contributed by atoms with van der Waals surface area (Å²) in [6.07, 6.45) is 4.00. The third kappa shape index (κ3) is 5.07. The molecule has 2 aromatic carbocycles. The maximum Gasteiger partial charge on any atom is 0.159 e. The molecular formula is C22H28N2O2P2. The first-order valence-electron chi connectivity index (χ1n) is 9.38. The highest BCUT2D eigenvalue weighted by Crippen LogP contribution is 2.40. The van der Waals surface area contributed by atoms with Crippen molar-refractivity contribution in [2.45, 2.75) is 38.1 Å². The first kappa shape index (κ1) is 21.1. The van der Waals surface area contributed by atoms with E-state index >= 15 is 0 Å². The molecule has 1 aliphatic rings. The summed E-state index contributed by atoms with van der Waals surface area (Å²) in [5.41, 5.74) is 2.82. The normalized spacial score (nSPS) is 22.3. The lowest BCUT2D eigenvalue weighted by atomic mass is 10.0. The molecule has 0 aliphatic carbocycles. The van der Waals surface area contributed by atoms with Crippen molar-refractivity contribution in [1.82, 2.24) is 4.90 Å². The molecule has 1 fully saturated rings. The fraction of sp³-hybridized carbons (Fsp3) is 0.318. The Morgan fingerprint density at radius 2 is 1.89 bits per heavy atom. The maximum absolute atomic E-state index is 12.5. The summed E-state index contributed by atoms with van der Waals surface area (Å²) in [5, 5.41) is 3.26. The number of benzene rings is 2. The van der Waals surface area contributed by atoms with Gasteiger partial charge < -0.3 is 9.82 Å². The molecule has 2 unspecified atom stereocenters. The third-order valence-corrected chi connectivity index (χ3v) is 6.04. The van der Waals surface area contributed by atoms with Crippen molar-refractivity contribution in [2.75, 3.05) is 12.1 Å². The van der Waals surface area contributed by atoms with Crippen molar-refractivity contribution < 1.29 is 9.53 Å². The van der Waals surface area contributed by atoms with Crippen LogP contribution in [0.1, 0.15) is 31.1 Å². The summed E-state index contributed by atoms with van der Waals surface area (Å²) in [5.74, 6) is 0.0959. The minimum Gasteiger partial charge on any atom is -0.363 e. The molecule has 0 amide bonds. The summed E-state index contributed by atoms with van der Waals surface area (Å²) < 4.78 is 6.30. The van der Waals surface area contributed by atoms with E-state index in [9.17, 15) is 4.79 Å². The fourth-order valence-electron chi connectivity index (χ4n) is 3.42. The van der Waals surface area contributed by atoms with Gasteiger partial charge in [0.1, 0.15) is 11.8 Å². The lowest BCUT2D eigenvalue weighted by Crippen LogP contribution is -2.39. The van der Waals surface area contributed by atoms with Gasteiger partial charge in [-0.15, -0.1) is 0 Å². The number of carbonyl (C=O) groups excluding carboxylic acids is 1. The van der Waals surface area contributed by atoms with Crippen LogP contribution in [-0.4, -0.2) is 29.5 Å². The number of ether oxygens (including phenoxy) is 1. The Morgan fingerprint density at radius 1 is 1.21 bits per heavy atom. The highest BCUT2D eigenvalue weighted by molar-refractivity contribution is 8.03. The molecule has 6 heteroatoms. The van der Waals surface area contributed by atoms with Crippen LogP contribution in [-0.2, 0) is 16.0 Å². The topological polar surface area (TPSA) is 41.6 Å². The standard InChI is InChI=1S/C22H28N2O2P2/c1-22(2)24(3)20(21(26-22)17-7-5-4-6-8-17)14-13-19(25)15-16-9-11-18(12-10-16)23-28-27/h4-14,20-21,23,28H,15,27H2,1-3H3/b14-13+/t20-,21-/m1/s1. The molecular weight excluding hydrogens is 386 g/mol. The fourth-order valence-corrected chi connectivity index (χ4v) is 4.25. The molecule has 4 atom stereocenters. The predicted molar refractivity (Wildman–Crippen MR) is 122 cm³/mol. The van der Waals surface area contributed by atoms with E-state index in [4.69, 9.17) is 4.74 Å². The van der Waals surface area contributed by atoms with Crippen molar-refractivity contribution in [2.24, 2.45) is 0 Å². The van der Waals surface area contributed by atoms with Gasteiger partial charge in [0.05, 0.1) is 6.04 Å².